The molecule has 0 radical (unpaired) electrons. The summed E-state index contributed by atoms with van der Waals surface area (Å²) in [5.74, 6) is 0. The van der Waals surface area contributed by atoms with Gasteiger partial charge in [0.05, 0.1) is 5.02 Å². The minimum atomic E-state index is 0.477. The zero-order valence-corrected chi connectivity index (χ0v) is 7.56. The molecule has 0 aliphatic heterocycles. The van der Waals surface area contributed by atoms with Crippen LogP contribution in [0.15, 0.2) is 24.8 Å². The summed E-state index contributed by atoms with van der Waals surface area (Å²) >= 11 is 5.80. The van der Waals surface area contributed by atoms with Crippen molar-refractivity contribution in [2.75, 3.05) is 0 Å². The minimum Gasteiger partial charge on any atom is -0.298 e. The number of carbonyl (C=O) groups excluding carboxylic acids is 1. The first-order valence-corrected chi connectivity index (χ1v) is 3.94. The fourth-order valence-electron chi connectivity index (χ4n) is 1.03. The number of hydrogen-bond donors (Lipinski definition) is 0. The first-order chi connectivity index (χ1) is 5.66. The van der Waals surface area contributed by atoms with Gasteiger partial charge >= 0.3 is 0 Å². The standard InChI is InChI=1S/C10H9ClO/c1-7(2)8-4-3-5-10(11)9(8)6-12/h3-6H,1H2,2H3. The predicted molar refractivity (Wildman–Crippen MR) is 51.5 cm³/mol. The van der Waals surface area contributed by atoms with Crippen LogP contribution in [-0.4, -0.2) is 6.29 Å². The van der Waals surface area contributed by atoms with E-state index < -0.39 is 0 Å². The van der Waals surface area contributed by atoms with Gasteiger partial charge in [0.15, 0.2) is 6.29 Å². The highest BCUT2D eigenvalue weighted by Gasteiger charge is 2.05. The normalized spacial score (nSPS) is 9.50. The molecule has 0 saturated carbocycles. The van der Waals surface area contributed by atoms with E-state index in [1.165, 1.54) is 0 Å². The molecule has 0 N–H and O–H groups in total. The van der Waals surface area contributed by atoms with Gasteiger partial charge in [0.25, 0.3) is 0 Å². The third-order valence-electron chi connectivity index (χ3n) is 1.63. The number of benzene rings is 1. The van der Waals surface area contributed by atoms with E-state index in [9.17, 15) is 4.79 Å². The number of rotatable bonds is 2. The monoisotopic (exact) mass is 180 g/mol. The summed E-state index contributed by atoms with van der Waals surface area (Å²) in [6, 6.07) is 5.33. The van der Waals surface area contributed by atoms with Crippen molar-refractivity contribution in [2.45, 2.75) is 6.92 Å². The van der Waals surface area contributed by atoms with Gasteiger partial charge in [-0.2, -0.15) is 0 Å². The van der Waals surface area contributed by atoms with Gasteiger partial charge in [-0.25, -0.2) is 0 Å². The van der Waals surface area contributed by atoms with Crippen LogP contribution in [0, 0.1) is 0 Å². The molecule has 0 heterocycles. The van der Waals surface area contributed by atoms with Gasteiger partial charge in [0.2, 0.25) is 0 Å². The van der Waals surface area contributed by atoms with Crippen LogP contribution in [0.4, 0.5) is 0 Å². The molecule has 0 bridgehead atoms. The summed E-state index contributed by atoms with van der Waals surface area (Å²) in [6.45, 7) is 5.60. The quantitative estimate of drug-likeness (QED) is 0.639. The molecule has 1 rings (SSSR count). The fraction of sp³-hybridized carbons (Fsp3) is 0.100. The Morgan fingerprint density at radius 3 is 2.67 bits per heavy atom. The van der Waals surface area contributed by atoms with E-state index >= 15 is 0 Å². The van der Waals surface area contributed by atoms with Crippen molar-refractivity contribution in [3.8, 4) is 0 Å². The van der Waals surface area contributed by atoms with Crippen LogP contribution < -0.4 is 0 Å². The van der Waals surface area contributed by atoms with E-state index in [1.807, 2.05) is 13.0 Å². The molecule has 0 spiro atoms. The molecule has 0 aliphatic carbocycles. The second-order valence-corrected chi connectivity index (χ2v) is 3.01. The van der Waals surface area contributed by atoms with Crippen molar-refractivity contribution >= 4 is 23.5 Å². The smallest absolute Gasteiger partial charge is 0.152 e. The average Bonchev–Trinajstić information content (AvgIpc) is 2.03. The van der Waals surface area contributed by atoms with Crippen LogP contribution in [0.3, 0.4) is 0 Å². The largest absolute Gasteiger partial charge is 0.298 e. The highest BCUT2D eigenvalue weighted by atomic mass is 35.5. The van der Waals surface area contributed by atoms with E-state index in [2.05, 4.69) is 6.58 Å². The van der Waals surface area contributed by atoms with Gasteiger partial charge in [-0.3, -0.25) is 4.79 Å². The number of halogens is 1. The molecule has 0 aromatic heterocycles. The maximum absolute atomic E-state index is 10.6. The maximum Gasteiger partial charge on any atom is 0.152 e. The van der Waals surface area contributed by atoms with Gasteiger partial charge in [-0.1, -0.05) is 35.9 Å². The first-order valence-electron chi connectivity index (χ1n) is 3.56. The lowest BCUT2D eigenvalue weighted by Crippen LogP contribution is -1.89. The minimum absolute atomic E-state index is 0.477. The van der Waals surface area contributed by atoms with Crippen molar-refractivity contribution in [3.05, 3.63) is 40.9 Å². The van der Waals surface area contributed by atoms with E-state index in [0.29, 0.717) is 10.6 Å². The van der Waals surface area contributed by atoms with Crippen LogP contribution in [0.2, 0.25) is 5.02 Å². The molecular weight excluding hydrogens is 172 g/mol. The zero-order valence-electron chi connectivity index (χ0n) is 6.80. The van der Waals surface area contributed by atoms with E-state index in [4.69, 9.17) is 11.6 Å². The summed E-state index contributed by atoms with van der Waals surface area (Å²) in [4.78, 5) is 10.6. The highest BCUT2D eigenvalue weighted by molar-refractivity contribution is 6.33. The molecule has 12 heavy (non-hydrogen) atoms. The lowest BCUT2D eigenvalue weighted by molar-refractivity contribution is 0.112. The van der Waals surface area contributed by atoms with Crippen molar-refractivity contribution in [2.24, 2.45) is 0 Å². The summed E-state index contributed by atoms with van der Waals surface area (Å²) in [5, 5.41) is 0.477. The number of carbonyl (C=O) groups is 1. The van der Waals surface area contributed by atoms with Crippen LogP contribution >= 0.6 is 11.6 Å². The van der Waals surface area contributed by atoms with E-state index in [1.54, 1.807) is 12.1 Å². The third-order valence-corrected chi connectivity index (χ3v) is 1.96. The molecule has 1 nitrogen and oxygen atoms in total. The second-order valence-electron chi connectivity index (χ2n) is 2.60. The van der Waals surface area contributed by atoms with Crippen LogP contribution in [0.25, 0.3) is 5.57 Å². The molecule has 2 heteroatoms. The number of allylic oxidation sites excluding steroid dienone is 1. The molecule has 1 aromatic rings. The molecule has 0 unspecified atom stereocenters. The highest BCUT2D eigenvalue weighted by Crippen LogP contribution is 2.22. The van der Waals surface area contributed by atoms with Crippen molar-refractivity contribution in [1.29, 1.82) is 0 Å². The fourth-order valence-corrected chi connectivity index (χ4v) is 1.25. The van der Waals surface area contributed by atoms with E-state index in [0.717, 1.165) is 17.4 Å². The topological polar surface area (TPSA) is 17.1 Å². The van der Waals surface area contributed by atoms with Gasteiger partial charge in [-0.05, 0) is 18.6 Å². The van der Waals surface area contributed by atoms with E-state index in [-0.39, 0.29) is 0 Å². The average molecular weight is 181 g/mol. The van der Waals surface area contributed by atoms with Crippen molar-refractivity contribution < 1.29 is 4.79 Å². The summed E-state index contributed by atoms with van der Waals surface area (Å²) < 4.78 is 0. The summed E-state index contributed by atoms with van der Waals surface area (Å²) in [7, 11) is 0. The Kier molecular flexibility index (Phi) is 2.66. The Morgan fingerprint density at radius 1 is 1.58 bits per heavy atom. The molecule has 0 fully saturated rings. The van der Waals surface area contributed by atoms with Crippen molar-refractivity contribution in [1.82, 2.24) is 0 Å². The zero-order chi connectivity index (χ0) is 9.14. The van der Waals surface area contributed by atoms with Gasteiger partial charge < -0.3 is 0 Å². The maximum atomic E-state index is 10.6. The Morgan fingerprint density at radius 2 is 2.25 bits per heavy atom. The van der Waals surface area contributed by atoms with Crippen molar-refractivity contribution in [3.63, 3.8) is 0 Å². The Balaban J connectivity index is 3.37. The molecule has 0 atom stereocenters. The second kappa shape index (κ2) is 3.55. The van der Waals surface area contributed by atoms with Gasteiger partial charge in [-0.15, -0.1) is 0 Å². The SMILES string of the molecule is C=C(C)c1cccc(Cl)c1C=O. The molecule has 1 aromatic carbocycles. The Hall–Kier alpha value is -1.08. The summed E-state index contributed by atoms with van der Waals surface area (Å²) in [6.07, 6.45) is 0.756. The predicted octanol–water partition coefficient (Wildman–Crippen LogP) is 3.19. The van der Waals surface area contributed by atoms with Crippen LogP contribution in [0.1, 0.15) is 22.8 Å². The molecule has 0 saturated heterocycles. The Bertz CT molecular complexity index is 329. The summed E-state index contributed by atoms with van der Waals surface area (Å²) in [5.41, 5.74) is 2.18. The number of hydrogen-bond acceptors (Lipinski definition) is 1. The number of aldehydes is 1. The lowest BCUT2D eigenvalue weighted by atomic mass is 10.0. The molecular formula is C10H9ClO. The van der Waals surface area contributed by atoms with Crippen LogP contribution in [-0.2, 0) is 0 Å². The third kappa shape index (κ3) is 1.56. The Labute approximate surface area is 76.7 Å². The van der Waals surface area contributed by atoms with Crippen LogP contribution in [0.5, 0.6) is 0 Å². The first kappa shape index (κ1) is 9.01. The van der Waals surface area contributed by atoms with Gasteiger partial charge in [0.1, 0.15) is 0 Å². The molecule has 0 aliphatic rings. The lowest BCUT2D eigenvalue weighted by Gasteiger charge is -2.04. The molecule has 62 valence electrons. The molecule has 0 amide bonds. The van der Waals surface area contributed by atoms with Gasteiger partial charge in [0, 0.05) is 5.56 Å².